The zero-order valence-electron chi connectivity index (χ0n) is 14.1. The number of aryl methyl sites for hydroxylation is 1. The zero-order valence-corrected chi connectivity index (χ0v) is 14.1. The highest BCUT2D eigenvalue weighted by molar-refractivity contribution is 5.86. The van der Waals surface area contributed by atoms with Gasteiger partial charge in [-0.05, 0) is 38.0 Å². The molecule has 1 aliphatic carbocycles. The SMILES string of the molecule is Cc1ccc(Oc2ccccc2CNC(=O)C2CCC2C(=O)O)cc1. The second-order valence-corrected chi connectivity index (χ2v) is 6.37. The van der Waals surface area contributed by atoms with Gasteiger partial charge in [0.15, 0.2) is 0 Å². The van der Waals surface area contributed by atoms with Gasteiger partial charge in [-0.15, -0.1) is 0 Å². The maximum atomic E-state index is 12.2. The molecular formula is C20H21NO4. The van der Waals surface area contributed by atoms with Crippen molar-refractivity contribution >= 4 is 11.9 Å². The van der Waals surface area contributed by atoms with E-state index in [0.717, 1.165) is 16.9 Å². The predicted octanol–water partition coefficient (Wildman–Crippen LogP) is 3.51. The van der Waals surface area contributed by atoms with Crippen molar-refractivity contribution < 1.29 is 19.4 Å². The molecule has 0 saturated heterocycles. The first kappa shape index (κ1) is 17.0. The van der Waals surface area contributed by atoms with Crippen LogP contribution < -0.4 is 10.1 Å². The summed E-state index contributed by atoms with van der Waals surface area (Å²) in [6, 6.07) is 15.2. The average molecular weight is 339 g/mol. The van der Waals surface area contributed by atoms with E-state index in [2.05, 4.69) is 5.32 Å². The van der Waals surface area contributed by atoms with Crippen molar-refractivity contribution in [1.29, 1.82) is 0 Å². The summed E-state index contributed by atoms with van der Waals surface area (Å²) < 4.78 is 5.91. The van der Waals surface area contributed by atoms with Crippen LogP contribution in [0.3, 0.4) is 0 Å². The van der Waals surface area contributed by atoms with Crippen molar-refractivity contribution in [2.75, 3.05) is 0 Å². The van der Waals surface area contributed by atoms with Gasteiger partial charge in [0, 0.05) is 12.1 Å². The molecular weight excluding hydrogens is 318 g/mol. The number of carboxylic acid groups (broad SMARTS) is 1. The van der Waals surface area contributed by atoms with E-state index in [-0.39, 0.29) is 5.91 Å². The molecule has 2 aromatic carbocycles. The number of ether oxygens (including phenoxy) is 1. The number of benzene rings is 2. The van der Waals surface area contributed by atoms with Crippen LogP contribution in [-0.4, -0.2) is 17.0 Å². The quantitative estimate of drug-likeness (QED) is 0.844. The van der Waals surface area contributed by atoms with Crippen LogP contribution in [0.4, 0.5) is 0 Å². The second-order valence-electron chi connectivity index (χ2n) is 6.37. The van der Waals surface area contributed by atoms with E-state index in [0.29, 0.717) is 25.1 Å². The number of carbonyl (C=O) groups excluding carboxylic acids is 1. The molecule has 2 aromatic rings. The highest BCUT2D eigenvalue weighted by Gasteiger charge is 2.41. The van der Waals surface area contributed by atoms with Gasteiger partial charge in [-0.25, -0.2) is 0 Å². The molecule has 5 nitrogen and oxygen atoms in total. The Hall–Kier alpha value is -2.82. The second kappa shape index (κ2) is 7.38. The van der Waals surface area contributed by atoms with Crippen LogP contribution in [0.15, 0.2) is 48.5 Å². The molecule has 2 N–H and O–H groups in total. The Kier molecular flexibility index (Phi) is 5.03. The lowest BCUT2D eigenvalue weighted by molar-refractivity contribution is -0.152. The van der Waals surface area contributed by atoms with Gasteiger partial charge in [-0.1, -0.05) is 35.9 Å². The topological polar surface area (TPSA) is 75.6 Å². The number of hydrogen-bond acceptors (Lipinski definition) is 3. The minimum Gasteiger partial charge on any atom is -0.481 e. The molecule has 130 valence electrons. The summed E-state index contributed by atoms with van der Waals surface area (Å²) in [6.45, 7) is 2.32. The Morgan fingerprint density at radius 3 is 2.40 bits per heavy atom. The number of nitrogens with one attached hydrogen (secondary N) is 1. The summed E-state index contributed by atoms with van der Waals surface area (Å²) in [5, 5.41) is 11.9. The Morgan fingerprint density at radius 1 is 1.08 bits per heavy atom. The fraction of sp³-hybridized carbons (Fsp3) is 0.300. The summed E-state index contributed by atoms with van der Waals surface area (Å²) >= 11 is 0. The Balaban J connectivity index is 1.64. The molecule has 2 atom stereocenters. The van der Waals surface area contributed by atoms with Gasteiger partial charge in [-0.3, -0.25) is 9.59 Å². The van der Waals surface area contributed by atoms with Crippen LogP contribution in [0.2, 0.25) is 0 Å². The molecule has 1 saturated carbocycles. The van der Waals surface area contributed by atoms with E-state index in [1.54, 1.807) is 0 Å². The number of amides is 1. The lowest BCUT2D eigenvalue weighted by Crippen LogP contribution is -2.43. The van der Waals surface area contributed by atoms with Crippen molar-refractivity contribution in [2.45, 2.75) is 26.3 Å². The van der Waals surface area contributed by atoms with Gasteiger partial charge in [0.1, 0.15) is 11.5 Å². The third-order valence-electron chi connectivity index (χ3n) is 4.60. The number of carboxylic acids is 1. The van der Waals surface area contributed by atoms with Crippen molar-refractivity contribution in [1.82, 2.24) is 5.32 Å². The van der Waals surface area contributed by atoms with Gasteiger partial charge < -0.3 is 15.2 Å². The van der Waals surface area contributed by atoms with E-state index < -0.39 is 17.8 Å². The van der Waals surface area contributed by atoms with E-state index in [1.807, 2.05) is 55.5 Å². The first-order valence-corrected chi connectivity index (χ1v) is 8.37. The van der Waals surface area contributed by atoms with Crippen LogP contribution >= 0.6 is 0 Å². The number of carbonyl (C=O) groups is 2. The van der Waals surface area contributed by atoms with E-state index in [9.17, 15) is 9.59 Å². The fourth-order valence-electron chi connectivity index (χ4n) is 2.91. The molecule has 1 aliphatic rings. The number of rotatable bonds is 6. The lowest BCUT2D eigenvalue weighted by atomic mass is 9.73. The molecule has 1 fully saturated rings. The standard InChI is InChI=1S/C20H21NO4/c1-13-6-8-15(9-7-13)25-18-5-3-2-4-14(18)12-21-19(22)16-10-11-17(16)20(23)24/h2-9,16-17H,10-12H2,1H3,(H,21,22)(H,23,24). The Bertz CT molecular complexity index is 770. The van der Waals surface area contributed by atoms with Gasteiger partial charge in [0.25, 0.3) is 0 Å². The maximum absolute atomic E-state index is 12.2. The molecule has 0 aliphatic heterocycles. The van der Waals surface area contributed by atoms with Crippen molar-refractivity contribution in [2.24, 2.45) is 11.8 Å². The smallest absolute Gasteiger partial charge is 0.307 e. The number of aliphatic carboxylic acids is 1. The summed E-state index contributed by atoms with van der Waals surface area (Å²) in [4.78, 5) is 23.3. The number of hydrogen-bond donors (Lipinski definition) is 2. The molecule has 0 heterocycles. The summed E-state index contributed by atoms with van der Waals surface area (Å²) in [5.74, 6) is -0.676. The van der Waals surface area contributed by atoms with Gasteiger partial charge in [-0.2, -0.15) is 0 Å². The minimum atomic E-state index is -0.894. The summed E-state index contributed by atoms with van der Waals surface area (Å²) in [5.41, 5.74) is 2.00. The van der Waals surface area contributed by atoms with E-state index in [1.165, 1.54) is 0 Å². The molecule has 0 aromatic heterocycles. The largest absolute Gasteiger partial charge is 0.481 e. The molecule has 0 radical (unpaired) electrons. The molecule has 0 bridgehead atoms. The van der Waals surface area contributed by atoms with E-state index in [4.69, 9.17) is 9.84 Å². The highest BCUT2D eigenvalue weighted by atomic mass is 16.5. The number of para-hydroxylation sites is 1. The normalized spacial score (nSPS) is 18.9. The van der Waals surface area contributed by atoms with Crippen LogP contribution in [0.5, 0.6) is 11.5 Å². The van der Waals surface area contributed by atoms with Crippen molar-refractivity contribution in [3.05, 3.63) is 59.7 Å². The third kappa shape index (κ3) is 3.99. The van der Waals surface area contributed by atoms with Crippen molar-refractivity contribution in [3.63, 3.8) is 0 Å². The molecule has 0 spiro atoms. The van der Waals surface area contributed by atoms with Crippen molar-refractivity contribution in [3.8, 4) is 11.5 Å². The first-order chi connectivity index (χ1) is 12.0. The highest BCUT2D eigenvalue weighted by Crippen LogP contribution is 2.34. The van der Waals surface area contributed by atoms with Crippen LogP contribution in [0.25, 0.3) is 0 Å². The molecule has 25 heavy (non-hydrogen) atoms. The Morgan fingerprint density at radius 2 is 1.76 bits per heavy atom. The molecule has 3 rings (SSSR count). The summed E-state index contributed by atoms with van der Waals surface area (Å²) in [6.07, 6.45) is 1.20. The molecule has 5 heteroatoms. The summed E-state index contributed by atoms with van der Waals surface area (Å²) in [7, 11) is 0. The van der Waals surface area contributed by atoms with Gasteiger partial charge >= 0.3 is 5.97 Å². The zero-order chi connectivity index (χ0) is 17.8. The van der Waals surface area contributed by atoms with Gasteiger partial charge in [0.2, 0.25) is 5.91 Å². The average Bonchev–Trinajstić information content (AvgIpc) is 2.54. The van der Waals surface area contributed by atoms with Crippen LogP contribution in [0, 0.1) is 18.8 Å². The molecule has 2 unspecified atom stereocenters. The minimum absolute atomic E-state index is 0.205. The molecule has 1 amide bonds. The predicted molar refractivity (Wildman–Crippen MR) is 93.4 cm³/mol. The third-order valence-corrected chi connectivity index (χ3v) is 4.60. The van der Waals surface area contributed by atoms with Crippen LogP contribution in [0.1, 0.15) is 24.0 Å². The van der Waals surface area contributed by atoms with Crippen LogP contribution in [-0.2, 0) is 16.1 Å². The van der Waals surface area contributed by atoms with Gasteiger partial charge in [0.05, 0.1) is 11.8 Å². The monoisotopic (exact) mass is 339 g/mol. The maximum Gasteiger partial charge on any atom is 0.307 e. The first-order valence-electron chi connectivity index (χ1n) is 8.37. The fourth-order valence-corrected chi connectivity index (χ4v) is 2.91. The van der Waals surface area contributed by atoms with E-state index >= 15 is 0 Å². The lowest BCUT2D eigenvalue weighted by Gasteiger charge is -2.32. The Labute approximate surface area is 146 Å².